The molecule has 4 aromatic rings. The number of amides is 1. The molecule has 0 radical (unpaired) electrons. The number of carbonyl (C=O) groups excluding carboxylic acids is 1. The third-order valence-electron chi connectivity index (χ3n) is 5.20. The minimum atomic E-state index is -0.604. The Hall–Kier alpha value is -3.71. The average molecular weight is 449 g/mol. The lowest BCUT2D eigenvalue weighted by atomic mass is 10.1. The molecule has 0 saturated heterocycles. The predicted octanol–water partition coefficient (Wildman–Crippen LogP) is 3.52. The fraction of sp³-hybridized carbons (Fsp3) is 0.167. The minimum absolute atomic E-state index is 0.0538. The van der Waals surface area contributed by atoms with Crippen LogP contribution in [0, 0.1) is 13.8 Å². The number of fused-ring (bicyclic) bond motifs is 1. The highest BCUT2D eigenvalue weighted by Crippen LogP contribution is 2.16. The maximum absolute atomic E-state index is 13.3. The van der Waals surface area contributed by atoms with Gasteiger partial charge in [-0.05, 0) is 60.9 Å². The number of anilines is 1. The van der Waals surface area contributed by atoms with E-state index in [1.165, 1.54) is 10.8 Å². The van der Waals surface area contributed by atoms with Gasteiger partial charge in [0.05, 0.1) is 11.9 Å². The van der Waals surface area contributed by atoms with Gasteiger partial charge in [-0.15, -0.1) is 0 Å². The zero-order chi connectivity index (χ0) is 22.8. The molecular formula is C24H21ClN4O3. The second kappa shape index (κ2) is 8.80. The molecule has 162 valence electrons. The van der Waals surface area contributed by atoms with Crippen molar-refractivity contribution in [2.75, 3.05) is 5.32 Å². The highest BCUT2D eigenvalue weighted by atomic mass is 35.5. The van der Waals surface area contributed by atoms with Crippen LogP contribution in [0.5, 0.6) is 0 Å². The van der Waals surface area contributed by atoms with Crippen molar-refractivity contribution in [1.82, 2.24) is 14.1 Å². The van der Waals surface area contributed by atoms with E-state index in [4.69, 9.17) is 11.6 Å². The number of hydrogen-bond donors (Lipinski definition) is 1. The van der Waals surface area contributed by atoms with Gasteiger partial charge >= 0.3 is 5.69 Å². The smallest absolute Gasteiger partial charge is 0.324 e. The second-order valence-corrected chi connectivity index (χ2v) is 8.06. The Morgan fingerprint density at radius 1 is 1.03 bits per heavy atom. The summed E-state index contributed by atoms with van der Waals surface area (Å²) in [4.78, 5) is 43.3. The number of aromatic nitrogens is 3. The highest BCUT2D eigenvalue weighted by Gasteiger charge is 2.17. The van der Waals surface area contributed by atoms with E-state index in [1.807, 2.05) is 32.0 Å². The van der Waals surface area contributed by atoms with Crippen LogP contribution in [0.1, 0.15) is 16.7 Å². The lowest BCUT2D eigenvalue weighted by molar-refractivity contribution is -0.116. The van der Waals surface area contributed by atoms with Crippen molar-refractivity contribution in [1.29, 1.82) is 0 Å². The molecule has 32 heavy (non-hydrogen) atoms. The molecule has 0 aliphatic heterocycles. The van der Waals surface area contributed by atoms with Crippen molar-refractivity contribution in [3.63, 3.8) is 0 Å². The number of nitrogens with zero attached hydrogens (tertiary/aromatic N) is 3. The molecule has 8 heteroatoms. The first kappa shape index (κ1) is 21.5. The Balaban J connectivity index is 1.75. The Labute approximate surface area is 188 Å². The van der Waals surface area contributed by atoms with Gasteiger partial charge in [0, 0.05) is 16.9 Å². The van der Waals surface area contributed by atoms with E-state index in [1.54, 1.807) is 36.4 Å². The summed E-state index contributed by atoms with van der Waals surface area (Å²) in [5.74, 6) is -0.385. The van der Waals surface area contributed by atoms with Crippen molar-refractivity contribution in [2.45, 2.75) is 26.9 Å². The van der Waals surface area contributed by atoms with Gasteiger partial charge in [0.25, 0.3) is 5.56 Å². The van der Waals surface area contributed by atoms with E-state index in [-0.39, 0.29) is 30.0 Å². The molecule has 7 nitrogen and oxygen atoms in total. The molecule has 0 unspecified atom stereocenters. The van der Waals surface area contributed by atoms with E-state index in [0.29, 0.717) is 10.7 Å². The number of halogens is 1. The van der Waals surface area contributed by atoms with Crippen LogP contribution in [-0.2, 0) is 17.9 Å². The summed E-state index contributed by atoms with van der Waals surface area (Å²) in [6.45, 7) is 3.60. The molecule has 0 saturated carbocycles. The van der Waals surface area contributed by atoms with E-state index in [9.17, 15) is 14.4 Å². The molecule has 2 aromatic carbocycles. The van der Waals surface area contributed by atoms with Gasteiger partial charge in [-0.3, -0.25) is 18.7 Å². The third kappa shape index (κ3) is 4.33. The fourth-order valence-electron chi connectivity index (χ4n) is 3.51. The summed E-state index contributed by atoms with van der Waals surface area (Å²) in [7, 11) is 0. The molecule has 2 heterocycles. The SMILES string of the molecule is Cc1ccc(C)c(NC(=O)Cn2c(=O)n(Cc3ccc(Cl)cc3)c(=O)c3cccnc32)c1. The number of benzene rings is 2. The summed E-state index contributed by atoms with van der Waals surface area (Å²) in [6.07, 6.45) is 1.49. The standard InChI is InChI=1S/C24H21ClN4O3/c1-15-5-6-16(2)20(12-15)27-21(30)14-28-22-19(4-3-11-26-22)23(31)29(24(28)32)13-17-7-9-18(25)10-8-17/h3-12H,13-14H2,1-2H3,(H,27,30). The predicted molar refractivity (Wildman–Crippen MR) is 125 cm³/mol. The Kier molecular flexibility index (Phi) is 5.92. The van der Waals surface area contributed by atoms with Gasteiger partial charge in [0.1, 0.15) is 12.2 Å². The first-order valence-electron chi connectivity index (χ1n) is 10.0. The Morgan fingerprint density at radius 3 is 2.53 bits per heavy atom. The quantitative estimate of drug-likeness (QED) is 0.506. The molecular weight excluding hydrogens is 428 g/mol. The Morgan fingerprint density at radius 2 is 1.78 bits per heavy atom. The molecule has 1 amide bonds. The number of pyridine rings is 1. The molecule has 0 bridgehead atoms. The zero-order valence-corrected chi connectivity index (χ0v) is 18.4. The first-order chi connectivity index (χ1) is 15.3. The lowest BCUT2D eigenvalue weighted by Crippen LogP contribution is -2.42. The van der Waals surface area contributed by atoms with Crippen LogP contribution >= 0.6 is 11.6 Å². The number of rotatable bonds is 5. The van der Waals surface area contributed by atoms with E-state index in [2.05, 4.69) is 10.3 Å². The summed E-state index contributed by atoms with van der Waals surface area (Å²) >= 11 is 5.94. The van der Waals surface area contributed by atoms with Crippen LogP contribution in [0.4, 0.5) is 5.69 Å². The van der Waals surface area contributed by atoms with Gasteiger partial charge < -0.3 is 5.32 Å². The minimum Gasteiger partial charge on any atom is -0.324 e. The van der Waals surface area contributed by atoms with Crippen molar-refractivity contribution < 1.29 is 4.79 Å². The normalized spacial score (nSPS) is 11.0. The maximum Gasteiger partial charge on any atom is 0.333 e. The fourth-order valence-corrected chi connectivity index (χ4v) is 3.63. The maximum atomic E-state index is 13.3. The van der Waals surface area contributed by atoms with Crippen LogP contribution < -0.4 is 16.6 Å². The van der Waals surface area contributed by atoms with Gasteiger partial charge in [-0.25, -0.2) is 9.78 Å². The Bertz CT molecular complexity index is 1440. The van der Waals surface area contributed by atoms with Crippen molar-refractivity contribution in [2.24, 2.45) is 0 Å². The van der Waals surface area contributed by atoms with Crippen LogP contribution in [0.2, 0.25) is 5.02 Å². The van der Waals surface area contributed by atoms with E-state index in [0.717, 1.165) is 21.3 Å². The largest absolute Gasteiger partial charge is 0.333 e. The van der Waals surface area contributed by atoms with Crippen LogP contribution in [0.15, 0.2) is 70.4 Å². The van der Waals surface area contributed by atoms with Crippen molar-refractivity contribution in [3.05, 3.63) is 103 Å². The molecule has 0 fully saturated rings. The summed E-state index contributed by atoms with van der Waals surface area (Å²) in [5.41, 5.74) is 2.44. The monoisotopic (exact) mass is 448 g/mol. The first-order valence-corrected chi connectivity index (χ1v) is 10.4. The number of aryl methyl sites for hydroxylation is 2. The number of carbonyl (C=O) groups is 1. The number of hydrogen-bond acceptors (Lipinski definition) is 4. The molecule has 0 spiro atoms. The van der Waals surface area contributed by atoms with Crippen LogP contribution in [0.25, 0.3) is 11.0 Å². The topological polar surface area (TPSA) is 86.0 Å². The zero-order valence-electron chi connectivity index (χ0n) is 17.6. The average Bonchev–Trinajstić information content (AvgIpc) is 2.78. The second-order valence-electron chi connectivity index (χ2n) is 7.63. The molecule has 0 atom stereocenters. The van der Waals surface area contributed by atoms with Crippen molar-refractivity contribution >= 4 is 34.2 Å². The molecule has 0 aliphatic carbocycles. The molecule has 2 aromatic heterocycles. The summed E-state index contributed by atoms with van der Waals surface area (Å²) in [5, 5.41) is 3.68. The van der Waals surface area contributed by atoms with Crippen molar-refractivity contribution in [3.8, 4) is 0 Å². The lowest BCUT2D eigenvalue weighted by Gasteiger charge is -2.14. The van der Waals surface area contributed by atoms with Gasteiger partial charge in [-0.2, -0.15) is 0 Å². The van der Waals surface area contributed by atoms with Gasteiger partial charge in [0.15, 0.2) is 0 Å². The van der Waals surface area contributed by atoms with Gasteiger partial charge in [-0.1, -0.05) is 35.9 Å². The number of nitrogens with one attached hydrogen (secondary N) is 1. The van der Waals surface area contributed by atoms with E-state index >= 15 is 0 Å². The third-order valence-corrected chi connectivity index (χ3v) is 5.45. The summed E-state index contributed by atoms with van der Waals surface area (Å²) in [6, 6.07) is 15.9. The molecule has 4 rings (SSSR count). The van der Waals surface area contributed by atoms with Crippen LogP contribution in [0.3, 0.4) is 0 Å². The highest BCUT2D eigenvalue weighted by molar-refractivity contribution is 6.30. The van der Waals surface area contributed by atoms with E-state index < -0.39 is 11.2 Å². The van der Waals surface area contributed by atoms with Gasteiger partial charge in [0.2, 0.25) is 5.91 Å². The van der Waals surface area contributed by atoms with Crippen LogP contribution in [-0.4, -0.2) is 20.0 Å². The molecule has 1 N–H and O–H groups in total. The summed E-state index contributed by atoms with van der Waals surface area (Å²) < 4.78 is 2.34. The molecule has 0 aliphatic rings.